The van der Waals surface area contributed by atoms with Gasteiger partial charge in [-0.25, -0.2) is 0 Å². The third-order valence-corrected chi connectivity index (χ3v) is 1.36. The number of carbonyl (C=O) groups is 1. The number of rotatable bonds is 4. The molecule has 0 amide bonds. The van der Waals surface area contributed by atoms with Gasteiger partial charge >= 0.3 is 52.8 Å². The number of carbonyl (C=O) groups excluding carboxylic acids is 1. The molecule has 0 heterocycles. The van der Waals surface area contributed by atoms with Gasteiger partial charge in [0.25, 0.3) is 0 Å². The van der Waals surface area contributed by atoms with Crippen molar-refractivity contribution in [2.45, 2.75) is 6.42 Å². The SMILES string of the molecule is B=[SH](=P)OCCC=O. The number of hydrogen-bond donors (Lipinski definition) is 1. The van der Waals surface area contributed by atoms with Crippen LogP contribution in [0.1, 0.15) is 6.42 Å². The van der Waals surface area contributed by atoms with Crippen LogP contribution in [0.4, 0.5) is 0 Å². The van der Waals surface area contributed by atoms with Gasteiger partial charge < -0.3 is 0 Å². The summed E-state index contributed by atoms with van der Waals surface area (Å²) in [6.07, 6.45) is 1.28. The summed E-state index contributed by atoms with van der Waals surface area (Å²) in [5.41, 5.74) is 0. The second-order valence-electron chi connectivity index (χ2n) is 1.17. The molecule has 0 fully saturated rings. The first-order chi connectivity index (χ1) is 3.77. The molecule has 0 spiro atoms. The van der Waals surface area contributed by atoms with E-state index in [4.69, 9.17) is 4.18 Å². The average molecular weight is 150 g/mol. The molecule has 1 unspecified atom stereocenters. The van der Waals surface area contributed by atoms with Crippen LogP contribution in [-0.2, 0) is 18.8 Å². The van der Waals surface area contributed by atoms with E-state index >= 15 is 0 Å². The second kappa shape index (κ2) is 5.48. The molecule has 8 heavy (non-hydrogen) atoms. The first-order valence-electron chi connectivity index (χ1n) is 2.16. The van der Waals surface area contributed by atoms with Crippen molar-refractivity contribution in [3.05, 3.63) is 0 Å². The second-order valence-corrected chi connectivity index (χ2v) is 3.68. The molecule has 5 heteroatoms. The third kappa shape index (κ3) is 6.34. The van der Waals surface area contributed by atoms with Crippen LogP contribution in [0.25, 0.3) is 0 Å². The third-order valence-electron chi connectivity index (χ3n) is 0.483. The Kier molecular flexibility index (Phi) is 5.72. The summed E-state index contributed by atoms with van der Waals surface area (Å²) in [5.74, 6) is 0. The normalized spacial score (nSPS) is 12.9. The van der Waals surface area contributed by atoms with Crippen LogP contribution in [-0.4, -0.2) is 19.6 Å². The zero-order valence-corrected chi connectivity index (χ0v) is 6.36. The predicted octanol–water partition coefficient (Wildman–Crippen LogP) is -0.269. The molecule has 0 bridgehead atoms. The first-order valence-corrected chi connectivity index (χ1v) is 4.94. The van der Waals surface area contributed by atoms with Crippen molar-refractivity contribution in [1.82, 2.24) is 0 Å². The van der Waals surface area contributed by atoms with Crippen molar-refractivity contribution in [3.8, 4) is 0 Å². The maximum atomic E-state index is 9.68. The van der Waals surface area contributed by atoms with Crippen LogP contribution in [0.3, 0.4) is 0 Å². The Morgan fingerprint density at radius 3 is 2.88 bits per heavy atom. The van der Waals surface area contributed by atoms with Gasteiger partial charge in [-0.1, -0.05) is 0 Å². The Morgan fingerprint density at radius 1 is 1.88 bits per heavy atom. The molecule has 0 saturated carbocycles. The molecule has 0 aromatic heterocycles. The molecule has 0 saturated heterocycles. The van der Waals surface area contributed by atoms with Gasteiger partial charge in [0.05, 0.1) is 0 Å². The molecule has 0 aliphatic rings. The van der Waals surface area contributed by atoms with Crippen LogP contribution >= 0.6 is 8.02 Å². The Morgan fingerprint density at radius 2 is 2.50 bits per heavy atom. The van der Waals surface area contributed by atoms with Gasteiger partial charge in [0.2, 0.25) is 0 Å². The predicted molar refractivity (Wildman–Crippen MR) is 40.9 cm³/mol. The van der Waals surface area contributed by atoms with Crippen molar-refractivity contribution in [3.63, 3.8) is 0 Å². The summed E-state index contributed by atoms with van der Waals surface area (Å²) in [7, 11) is 2.45. The topological polar surface area (TPSA) is 26.3 Å². The maximum absolute atomic E-state index is 9.68. The summed E-state index contributed by atoms with van der Waals surface area (Å²) >= 11 is 0. The van der Waals surface area contributed by atoms with Crippen molar-refractivity contribution in [2.24, 2.45) is 0 Å². The number of hydrogen-bond acceptors (Lipinski definition) is 2. The molecule has 0 aliphatic carbocycles. The van der Waals surface area contributed by atoms with Crippen molar-refractivity contribution in [1.29, 1.82) is 0 Å². The van der Waals surface area contributed by atoms with Crippen LogP contribution in [0.2, 0.25) is 0 Å². The molecule has 0 N–H and O–H groups in total. The van der Waals surface area contributed by atoms with E-state index in [0.29, 0.717) is 13.0 Å². The quantitative estimate of drug-likeness (QED) is 0.196. The summed E-state index contributed by atoms with van der Waals surface area (Å²) < 4.78 is 4.92. The van der Waals surface area contributed by atoms with E-state index in [-0.39, 0.29) is 0 Å². The molecule has 0 radical (unpaired) electrons. The van der Waals surface area contributed by atoms with E-state index in [1.165, 1.54) is 0 Å². The zero-order chi connectivity index (χ0) is 6.41. The number of aldehydes is 1. The Bertz CT molecular complexity index is 125. The molecule has 0 aromatic rings. The molecule has 46 valence electrons. The fraction of sp³-hybridized carbons (Fsp3) is 0.667. The molecule has 0 aliphatic heterocycles. The van der Waals surface area contributed by atoms with Gasteiger partial charge in [0.1, 0.15) is 0 Å². The van der Waals surface area contributed by atoms with Gasteiger partial charge in [-0.05, 0) is 0 Å². The van der Waals surface area contributed by atoms with Gasteiger partial charge in [0.15, 0.2) is 0 Å². The van der Waals surface area contributed by atoms with Crippen LogP contribution in [0, 0.1) is 0 Å². The first kappa shape index (κ1) is 8.34. The van der Waals surface area contributed by atoms with Crippen molar-refractivity contribution < 1.29 is 8.98 Å². The summed E-state index contributed by atoms with van der Waals surface area (Å²) in [4.78, 5) is 9.68. The summed E-state index contributed by atoms with van der Waals surface area (Å²) in [6.45, 7) is 4.02. The van der Waals surface area contributed by atoms with E-state index in [1.807, 2.05) is 0 Å². The van der Waals surface area contributed by atoms with Crippen LogP contribution in [0.15, 0.2) is 0 Å². The molecular formula is C3H8BO2PS. The van der Waals surface area contributed by atoms with E-state index in [1.54, 1.807) is 0 Å². The zero-order valence-electron chi connectivity index (χ0n) is 4.46. The summed E-state index contributed by atoms with van der Waals surface area (Å²) in [5, 5.41) is 0. The Balaban J connectivity index is 3.05. The molecule has 0 aromatic carbocycles. The van der Waals surface area contributed by atoms with Crippen molar-refractivity contribution >= 4 is 30.8 Å². The summed E-state index contributed by atoms with van der Waals surface area (Å²) in [6, 6.07) is 0. The van der Waals surface area contributed by atoms with Crippen LogP contribution < -0.4 is 0 Å². The minimum atomic E-state index is -0.715. The van der Waals surface area contributed by atoms with E-state index in [0.717, 1.165) is 6.29 Å². The Hall–Kier alpha value is 0.345. The molecule has 1 atom stereocenters. The molecule has 0 rings (SSSR count). The van der Waals surface area contributed by atoms with Crippen molar-refractivity contribution in [2.75, 3.05) is 6.61 Å². The van der Waals surface area contributed by atoms with E-state index in [2.05, 4.69) is 14.7 Å². The Labute approximate surface area is 53.5 Å². The van der Waals surface area contributed by atoms with Gasteiger partial charge in [-0.15, -0.1) is 0 Å². The van der Waals surface area contributed by atoms with E-state index in [9.17, 15) is 4.79 Å². The van der Waals surface area contributed by atoms with Gasteiger partial charge in [-0.3, -0.25) is 0 Å². The standard InChI is InChI=1S/C3H8BO2PS/c4-8(7)6-3-1-2-5/h2,4,7-8H,1,3H2. The average Bonchev–Trinajstić information content (AvgIpc) is 1.66. The van der Waals surface area contributed by atoms with Crippen LogP contribution in [0.5, 0.6) is 0 Å². The monoisotopic (exact) mass is 150 g/mol. The van der Waals surface area contributed by atoms with E-state index < -0.39 is 9.78 Å². The molecular weight excluding hydrogens is 142 g/mol. The van der Waals surface area contributed by atoms with Gasteiger partial charge in [-0.2, -0.15) is 0 Å². The minimum absolute atomic E-state index is 0.457. The van der Waals surface area contributed by atoms with Gasteiger partial charge in [0, 0.05) is 0 Å². The molecule has 2 nitrogen and oxygen atoms in total. The fourth-order valence-corrected chi connectivity index (χ4v) is 0.811. The number of thiol groups is 1. The fourth-order valence-electron chi connectivity index (χ4n) is 0.211.